The Labute approximate surface area is 176 Å². The maximum absolute atomic E-state index is 13.0. The van der Waals surface area contributed by atoms with Crippen molar-refractivity contribution in [3.8, 4) is 5.75 Å². The topological polar surface area (TPSA) is 89.0 Å². The summed E-state index contributed by atoms with van der Waals surface area (Å²) in [7, 11) is 0. The van der Waals surface area contributed by atoms with E-state index in [4.69, 9.17) is 4.74 Å². The molecule has 1 aromatic carbocycles. The number of fused-ring (bicyclic) bond motifs is 2. The lowest BCUT2D eigenvalue weighted by Crippen LogP contribution is -2.21. The lowest BCUT2D eigenvalue weighted by Gasteiger charge is -2.17. The van der Waals surface area contributed by atoms with Crippen LogP contribution >= 0.6 is 23.7 Å². The number of hydrogen-bond acceptors (Lipinski definition) is 7. The summed E-state index contributed by atoms with van der Waals surface area (Å²) in [6.45, 7) is 1.72. The zero-order chi connectivity index (χ0) is 18.9. The first kappa shape index (κ1) is 19.5. The van der Waals surface area contributed by atoms with Crippen molar-refractivity contribution in [3.05, 3.63) is 53.9 Å². The van der Waals surface area contributed by atoms with Gasteiger partial charge in [-0.05, 0) is 25.1 Å². The van der Waals surface area contributed by atoms with Crippen LogP contribution in [0.25, 0.3) is 21.1 Å². The molecule has 1 fully saturated rings. The zero-order valence-corrected chi connectivity index (χ0v) is 16.9. The first-order chi connectivity index (χ1) is 13.8. The van der Waals surface area contributed by atoms with Gasteiger partial charge in [-0.25, -0.2) is 9.97 Å². The van der Waals surface area contributed by atoms with Gasteiger partial charge in [0.05, 0.1) is 27.0 Å². The van der Waals surface area contributed by atoms with Crippen LogP contribution in [-0.2, 0) is 0 Å². The number of halogens is 1. The van der Waals surface area contributed by atoms with E-state index in [9.17, 15) is 4.79 Å². The fourth-order valence-electron chi connectivity index (χ4n) is 3.34. The van der Waals surface area contributed by atoms with Gasteiger partial charge in [-0.1, -0.05) is 6.07 Å². The van der Waals surface area contributed by atoms with Gasteiger partial charge < -0.3 is 15.4 Å². The Hall–Kier alpha value is -2.81. The maximum atomic E-state index is 13.0. The number of amides is 1. The molecular weight excluding hydrogens is 410 g/mol. The summed E-state index contributed by atoms with van der Waals surface area (Å²) in [4.78, 5) is 25.6. The van der Waals surface area contributed by atoms with Crippen molar-refractivity contribution >= 4 is 56.5 Å². The first-order valence-electron chi connectivity index (χ1n) is 9.02. The van der Waals surface area contributed by atoms with E-state index in [1.807, 2.05) is 24.3 Å². The predicted molar refractivity (Wildman–Crippen MR) is 116 cm³/mol. The van der Waals surface area contributed by atoms with Crippen LogP contribution in [0.5, 0.6) is 5.75 Å². The van der Waals surface area contributed by atoms with Crippen molar-refractivity contribution in [3.63, 3.8) is 0 Å². The fraction of sp³-hybridized carbons (Fsp3) is 0.200. The molecule has 9 heteroatoms. The summed E-state index contributed by atoms with van der Waals surface area (Å²) < 4.78 is 7.06. The van der Waals surface area contributed by atoms with Gasteiger partial charge in [0.1, 0.15) is 18.2 Å². The SMILES string of the molecule is Cl.O=C(Nc1cc2cccnc2cc1OC1CCNC1)c1csc2cncnc12. The second-order valence-corrected chi connectivity index (χ2v) is 7.53. The molecule has 0 spiro atoms. The number of pyridine rings is 1. The Balaban J connectivity index is 0.00000205. The van der Waals surface area contributed by atoms with Gasteiger partial charge in [0.25, 0.3) is 5.91 Å². The van der Waals surface area contributed by atoms with E-state index < -0.39 is 0 Å². The van der Waals surface area contributed by atoms with Gasteiger partial charge in [0.2, 0.25) is 0 Å². The molecule has 1 aliphatic heterocycles. The molecule has 7 nitrogen and oxygen atoms in total. The van der Waals surface area contributed by atoms with Crippen LogP contribution < -0.4 is 15.4 Å². The highest BCUT2D eigenvalue weighted by molar-refractivity contribution is 7.17. The van der Waals surface area contributed by atoms with Crippen LogP contribution in [0.4, 0.5) is 5.69 Å². The van der Waals surface area contributed by atoms with Gasteiger partial charge in [-0.15, -0.1) is 23.7 Å². The van der Waals surface area contributed by atoms with Crippen LogP contribution in [0.3, 0.4) is 0 Å². The number of aromatic nitrogens is 3. The van der Waals surface area contributed by atoms with E-state index in [2.05, 4.69) is 25.6 Å². The highest BCUT2D eigenvalue weighted by Gasteiger charge is 2.20. The first-order valence-corrected chi connectivity index (χ1v) is 9.90. The van der Waals surface area contributed by atoms with Gasteiger partial charge in [-0.3, -0.25) is 9.78 Å². The standard InChI is InChI=1S/C20H17N5O2S.ClH/c26-20(14-10-28-18-9-22-11-24-19(14)18)25-16-6-12-2-1-4-23-15(12)7-17(16)27-13-3-5-21-8-13;/h1-2,4,6-7,9-11,13,21H,3,5,8H2,(H,25,26);1H. The maximum Gasteiger partial charge on any atom is 0.258 e. The molecule has 1 saturated heterocycles. The normalized spacial score (nSPS) is 15.9. The predicted octanol–water partition coefficient (Wildman–Crippen LogP) is 3.65. The van der Waals surface area contributed by atoms with Crippen LogP contribution in [0.2, 0.25) is 0 Å². The molecule has 29 heavy (non-hydrogen) atoms. The summed E-state index contributed by atoms with van der Waals surface area (Å²) >= 11 is 1.45. The second kappa shape index (κ2) is 8.28. The van der Waals surface area contributed by atoms with E-state index in [0.29, 0.717) is 22.5 Å². The van der Waals surface area contributed by atoms with E-state index >= 15 is 0 Å². The summed E-state index contributed by atoms with van der Waals surface area (Å²) in [5.41, 5.74) is 2.64. The molecule has 1 aliphatic rings. The molecule has 1 unspecified atom stereocenters. The highest BCUT2D eigenvalue weighted by Crippen LogP contribution is 2.32. The highest BCUT2D eigenvalue weighted by atomic mass is 35.5. The minimum atomic E-state index is -0.220. The largest absolute Gasteiger partial charge is 0.487 e. The van der Waals surface area contributed by atoms with E-state index in [1.54, 1.807) is 17.8 Å². The number of nitrogens with zero attached hydrogens (tertiary/aromatic N) is 3. The van der Waals surface area contributed by atoms with E-state index in [1.165, 1.54) is 17.7 Å². The molecule has 4 aromatic rings. The van der Waals surface area contributed by atoms with Crippen LogP contribution in [0, 0.1) is 0 Å². The number of carbonyl (C=O) groups excluding carboxylic acids is 1. The zero-order valence-electron chi connectivity index (χ0n) is 15.3. The molecule has 0 radical (unpaired) electrons. The number of hydrogen-bond donors (Lipinski definition) is 2. The lowest BCUT2D eigenvalue weighted by molar-refractivity contribution is 0.102. The van der Waals surface area contributed by atoms with Gasteiger partial charge >= 0.3 is 0 Å². The Kier molecular flexibility index (Phi) is 5.57. The summed E-state index contributed by atoms with van der Waals surface area (Å²) in [5.74, 6) is 0.407. The smallest absolute Gasteiger partial charge is 0.258 e. The summed E-state index contributed by atoms with van der Waals surface area (Å²) in [5, 5.41) is 9.04. The van der Waals surface area contributed by atoms with Crippen LogP contribution in [-0.4, -0.2) is 40.1 Å². The Bertz CT molecular complexity index is 1180. The number of carbonyl (C=O) groups is 1. The molecule has 4 heterocycles. The Morgan fingerprint density at radius 2 is 2.24 bits per heavy atom. The van der Waals surface area contributed by atoms with Gasteiger partial charge in [-0.2, -0.15) is 0 Å². The molecule has 0 aliphatic carbocycles. The third-order valence-electron chi connectivity index (χ3n) is 4.74. The van der Waals surface area contributed by atoms with Crippen molar-refractivity contribution < 1.29 is 9.53 Å². The third kappa shape index (κ3) is 3.87. The van der Waals surface area contributed by atoms with Crippen LogP contribution in [0.15, 0.2) is 48.4 Å². The molecular formula is C20H18ClN5O2S. The van der Waals surface area contributed by atoms with Crippen LogP contribution in [0.1, 0.15) is 16.8 Å². The molecule has 1 atom stereocenters. The number of thiophene rings is 1. The molecule has 3 aromatic heterocycles. The average molecular weight is 428 g/mol. The summed E-state index contributed by atoms with van der Waals surface area (Å²) in [6, 6.07) is 7.63. The molecule has 0 bridgehead atoms. The fourth-order valence-corrected chi connectivity index (χ4v) is 4.20. The number of benzene rings is 1. The van der Waals surface area contributed by atoms with Crippen molar-refractivity contribution in [2.45, 2.75) is 12.5 Å². The lowest BCUT2D eigenvalue weighted by atomic mass is 10.1. The minimum absolute atomic E-state index is 0. The quantitative estimate of drug-likeness (QED) is 0.516. The van der Waals surface area contributed by atoms with Crippen molar-refractivity contribution in [1.82, 2.24) is 20.3 Å². The molecule has 148 valence electrons. The van der Waals surface area contributed by atoms with E-state index in [0.717, 1.165) is 35.1 Å². The summed E-state index contributed by atoms with van der Waals surface area (Å²) in [6.07, 6.45) is 5.92. The molecule has 2 N–H and O–H groups in total. The van der Waals surface area contributed by atoms with E-state index in [-0.39, 0.29) is 24.4 Å². The Morgan fingerprint density at radius 3 is 3.10 bits per heavy atom. The van der Waals surface area contributed by atoms with Crippen molar-refractivity contribution in [2.24, 2.45) is 0 Å². The van der Waals surface area contributed by atoms with Gasteiger partial charge in [0.15, 0.2) is 0 Å². The minimum Gasteiger partial charge on any atom is -0.487 e. The second-order valence-electron chi connectivity index (χ2n) is 6.62. The number of ether oxygens (including phenoxy) is 1. The number of rotatable bonds is 4. The monoisotopic (exact) mass is 427 g/mol. The Morgan fingerprint density at radius 1 is 1.31 bits per heavy atom. The average Bonchev–Trinajstić information content (AvgIpc) is 3.38. The van der Waals surface area contributed by atoms with Crippen molar-refractivity contribution in [2.75, 3.05) is 18.4 Å². The molecule has 0 saturated carbocycles. The third-order valence-corrected chi connectivity index (χ3v) is 5.65. The van der Waals surface area contributed by atoms with Gasteiger partial charge in [0, 0.05) is 35.8 Å². The number of nitrogens with one attached hydrogen (secondary N) is 2. The molecule has 1 amide bonds. The molecule has 5 rings (SSSR count). The number of anilines is 1. The van der Waals surface area contributed by atoms with Crippen molar-refractivity contribution in [1.29, 1.82) is 0 Å².